The van der Waals surface area contributed by atoms with Crippen LogP contribution in [0.1, 0.15) is 82.8 Å². The van der Waals surface area contributed by atoms with Crippen molar-refractivity contribution >= 4 is 9.84 Å². The van der Waals surface area contributed by atoms with Gasteiger partial charge in [0, 0.05) is 29.8 Å². The molecule has 5 rings (SSSR count). The first kappa shape index (κ1) is 18.1. The van der Waals surface area contributed by atoms with E-state index in [1.807, 2.05) is 0 Å². The summed E-state index contributed by atoms with van der Waals surface area (Å²) in [6.07, 6.45) is 7.03. The van der Waals surface area contributed by atoms with Gasteiger partial charge >= 0.3 is 0 Å². The molecule has 1 aromatic heterocycles. The van der Waals surface area contributed by atoms with Gasteiger partial charge in [0.2, 0.25) is 0 Å². The summed E-state index contributed by atoms with van der Waals surface area (Å²) in [5.41, 5.74) is 0.0348. The molecule has 7 heteroatoms. The molecule has 2 saturated carbocycles. The molecular weight excluding hydrogens is 360 g/mol. The van der Waals surface area contributed by atoms with Crippen molar-refractivity contribution in [2.75, 3.05) is 24.6 Å². The van der Waals surface area contributed by atoms with E-state index in [-0.39, 0.29) is 11.0 Å². The van der Waals surface area contributed by atoms with E-state index in [4.69, 9.17) is 10.1 Å². The van der Waals surface area contributed by atoms with Gasteiger partial charge in [-0.1, -0.05) is 0 Å². The molecule has 2 saturated heterocycles. The fourth-order valence-corrected chi connectivity index (χ4v) is 7.80. The Hall–Kier alpha value is -0.950. The first-order valence-electron chi connectivity index (χ1n) is 10.6. The topological polar surface area (TPSA) is 68.1 Å². The van der Waals surface area contributed by atoms with Crippen LogP contribution in [0.2, 0.25) is 0 Å². The number of rotatable bonds is 3. The van der Waals surface area contributed by atoms with E-state index >= 15 is 0 Å². The van der Waals surface area contributed by atoms with Crippen LogP contribution in [0.15, 0.2) is 0 Å². The number of likely N-dealkylation sites (tertiary alicyclic amines) is 1. The third-order valence-corrected chi connectivity index (χ3v) is 9.14. The van der Waals surface area contributed by atoms with Gasteiger partial charge in [-0.15, -0.1) is 0 Å². The lowest BCUT2D eigenvalue weighted by Gasteiger charge is -2.38. The van der Waals surface area contributed by atoms with E-state index in [1.54, 1.807) is 0 Å². The van der Waals surface area contributed by atoms with Crippen LogP contribution < -0.4 is 0 Å². The summed E-state index contributed by atoms with van der Waals surface area (Å²) in [7, 11) is -2.74. The SMILES string of the molecule is CC(C)(C)n1nc(C2CC2)nc1[C@@H]1CC[C@H](N2CCC3(C2)CS(=O)(=O)C3)C1. The maximum absolute atomic E-state index is 11.7. The first-order chi connectivity index (χ1) is 12.6. The molecule has 4 aliphatic rings. The zero-order valence-electron chi connectivity index (χ0n) is 16.8. The fourth-order valence-electron chi connectivity index (χ4n) is 5.54. The average molecular weight is 393 g/mol. The third-order valence-electron chi connectivity index (χ3n) is 7.03. The van der Waals surface area contributed by atoms with Gasteiger partial charge in [0.1, 0.15) is 5.82 Å². The lowest BCUT2D eigenvalue weighted by Crippen LogP contribution is -2.50. The Morgan fingerprint density at radius 2 is 1.78 bits per heavy atom. The second kappa shape index (κ2) is 5.78. The summed E-state index contributed by atoms with van der Waals surface area (Å²) in [6, 6.07) is 0.576. The zero-order chi connectivity index (χ0) is 19.0. The Balaban J connectivity index is 1.30. The normalized spacial score (nSPS) is 32.9. The summed E-state index contributed by atoms with van der Waals surface area (Å²) in [5.74, 6) is 4.14. The van der Waals surface area contributed by atoms with E-state index in [9.17, 15) is 8.42 Å². The van der Waals surface area contributed by atoms with Crippen molar-refractivity contribution < 1.29 is 8.42 Å². The van der Waals surface area contributed by atoms with E-state index in [1.165, 1.54) is 31.5 Å². The molecule has 1 spiro atoms. The number of aromatic nitrogens is 3. The van der Waals surface area contributed by atoms with Crippen LogP contribution in [-0.2, 0) is 15.4 Å². The largest absolute Gasteiger partial charge is 0.300 e. The highest BCUT2D eigenvalue weighted by atomic mass is 32.2. The smallest absolute Gasteiger partial charge is 0.154 e. The monoisotopic (exact) mass is 392 g/mol. The molecule has 0 amide bonds. The van der Waals surface area contributed by atoms with Gasteiger partial charge in [0.05, 0.1) is 17.0 Å². The van der Waals surface area contributed by atoms with Gasteiger partial charge in [-0.25, -0.2) is 18.1 Å². The highest BCUT2D eigenvalue weighted by Crippen LogP contribution is 2.46. The maximum atomic E-state index is 11.7. The van der Waals surface area contributed by atoms with Crippen molar-refractivity contribution in [3.63, 3.8) is 0 Å². The van der Waals surface area contributed by atoms with Gasteiger partial charge in [-0.2, -0.15) is 5.10 Å². The molecule has 0 unspecified atom stereocenters. The number of hydrogen-bond donors (Lipinski definition) is 0. The van der Waals surface area contributed by atoms with Crippen molar-refractivity contribution in [3.05, 3.63) is 11.6 Å². The number of sulfone groups is 1. The molecule has 6 nitrogen and oxygen atoms in total. The Kier molecular flexibility index (Phi) is 3.88. The molecule has 0 N–H and O–H groups in total. The van der Waals surface area contributed by atoms with Crippen LogP contribution >= 0.6 is 0 Å². The summed E-state index contributed by atoms with van der Waals surface area (Å²) in [5, 5.41) is 4.90. The van der Waals surface area contributed by atoms with E-state index in [0.29, 0.717) is 29.4 Å². The van der Waals surface area contributed by atoms with Crippen LogP contribution in [0.25, 0.3) is 0 Å². The Bertz CT molecular complexity index is 838. The molecule has 4 fully saturated rings. The van der Waals surface area contributed by atoms with Gasteiger partial charge in [0.25, 0.3) is 0 Å². The molecule has 0 radical (unpaired) electrons. The summed E-state index contributed by atoms with van der Waals surface area (Å²) in [4.78, 5) is 7.59. The minimum Gasteiger partial charge on any atom is -0.300 e. The van der Waals surface area contributed by atoms with E-state index < -0.39 is 9.84 Å². The highest BCUT2D eigenvalue weighted by Gasteiger charge is 2.53. The molecule has 27 heavy (non-hydrogen) atoms. The zero-order valence-corrected chi connectivity index (χ0v) is 17.6. The third kappa shape index (κ3) is 3.24. The Morgan fingerprint density at radius 3 is 2.41 bits per heavy atom. The van der Waals surface area contributed by atoms with Gasteiger partial charge in [-0.3, -0.25) is 4.90 Å². The van der Waals surface area contributed by atoms with Crippen LogP contribution in [0, 0.1) is 5.41 Å². The van der Waals surface area contributed by atoms with E-state index in [0.717, 1.165) is 31.8 Å². The molecule has 2 aliphatic carbocycles. The second-order valence-corrected chi connectivity index (χ2v) is 12.7. The van der Waals surface area contributed by atoms with Crippen LogP contribution in [0.4, 0.5) is 0 Å². The van der Waals surface area contributed by atoms with Gasteiger partial charge in [-0.05, 0) is 65.8 Å². The Labute approximate surface area is 162 Å². The second-order valence-electron chi connectivity index (χ2n) is 10.6. The summed E-state index contributed by atoms with van der Waals surface area (Å²) < 4.78 is 25.5. The molecule has 2 aliphatic heterocycles. The molecule has 3 heterocycles. The summed E-state index contributed by atoms with van der Waals surface area (Å²) >= 11 is 0. The van der Waals surface area contributed by atoms with E-state index in [2.05, 4.69) is 30.4 Å². The molecule has 2 atom stereocenters. The molecule has 0 bridgehead atoms. The van der Waals surface area contributed by atoms with Crippen molar-refractivity contribution in [1.29, 1.82) is 0 Å². The number of hydrogen-bond acceptors (Lipinski definition) is 5. The highest BCUT2D eigenvalue weighted by molar-refractivity contribution is 7.92. The standard InChI is InChI=1S/C20H32N4O2S/c1-19(2,3)24-18(21-17(22-24)14-4-5-14)15-6-7-16(10-15)23-9-8-20(11-23)12-27(25,26)13-20/h14-16H,4-13H2,1-3H3/t15-,16+/m1/s1. The van der Waals surface area contributed by atoms with Gasteiger partial charge in [0.15, 0.2) is 15.7 Å². The van der Waals surface area contributed by atoms with Crippen LogP contribution in [-0.4, -0.2) is 58.7 Å². The predicted molar refractivity (Wildman–Crippen MR) is 105 cm³/mol. The van der Waals surface area contributed by atoms with Crippen LogP contribution in [0.3, 0.4) is 0 Å². The predicted octanol–water partition coefficient (Wildman–Crippen LogP) is 2.67. The molecule has 0 aromatic carbocycles. The minimum absolute atomic E-state index is 0.0362. The minimum atomic E-state index is -2.74. The lowest BCUT2D eigenvalue weighted by molar-refractivity contribution is 0.213. The molecule has 1 aromatic rings. The maximum Gasteiger partial charge on any atom is 0.154 e. The average Bonchev–Trinajstić information content (AvgIpc) is 2.98. The van der Waals surface area contributed by atoms with Crippen molar-refractivity contribution in [2.24, 2.45) is 5.41 Å². The van der Waals surface area contributed by atoms with Crippen molar-refractivity contribution in [1.82, 2.24) is 19.7 Å². The molecular formula is C20H32N4O2S. The van der Waals surface area contributed by atoms with Crippen molar-refractivity contribution in [2.45, 2.75) is 82.7 Å². The molecule has 150 valence electrons. The lowest BCUT2D eigenvalue weighted by atomic mass is 9.91. The fraction of sp³-hybridized carbons (Fsp3) is 0.900. The van der Waals surface area contributed by atoms with Crippen LogP contribution in [0.5, 0.6) is 0 Å². The Morgan fingerprint density at radius 1 is 1.07 bits per heavy atom. The number of nitrogens with zero attached hydrogens (tertiary/aromatic N) is 4. The van der Waals surface area contributed by atoms with Crippen molar-refractivity contribution in [3.8, 4) is 0 Å². The first-order valence-corrected chi connectivity index (χ1v) is 12.4. The summed E-state index contributed by atoms with van der Waals surface area (Å²) in [6.45, 7) is 8.69. The quantitative estimate of drug-likeness (QED) is 0.791. The van der Waals surface area contributed by atoms with Gasteiger partial charge < -0.3 is 0 Å².